The van der Waals surface area contributed by atoms with Gasteiger partial charge in [0.05, 0.1) is 12.5 Å². The Morgan fingerprint density at radius 2 is 0.907 bits per heavy atom. The van der Waals surface area contributed by atoms with Crippen molar-refractivity contribution in [2.45, 2.75) is 246 Å². The Balaban J connectivity index is -0.00000121. The molecule has 0 aromatic heterocycles. The monoisotopic (exact) mass is 988 g/mol. The molecule has 0 aromatic rings. The molecule has 0 rings (SSSR count). The Morgan fingerprint density at radius 3 is 1.35 bits per heavy atom. The van der Waals surface area contributed by atoms with Crippen molar-refractivity contribution in [3.63, 3.8) is 0 Å². The molecule has 0 aliphatic carbocycles. The Morgan fingerprint density at radius 1 is 0.537 bits per heavy atom. The van der Waals surface area contributed by atoms with Crippen LogP contribution in [0.3, 0.4) is 0 Å². The van der Waals surface area contributed by atoms with Gasteiger partial charge in [0.1, 0.15) is 0 Å². The van der Waals surface area contributed by atoms with E-state index in [1.54, 1.807) is 0 Å². The van der Waals surface area contributed by atoms with Crippen molar-refractivity contribution >= 4 is 12.3 Å². The van der Waals surface area contributed by atoms with Gasteiger partial charge in [-0.15, -0.1) is 5.92 Å². The van der Waals surface area contributed by atoms with Crippen molar-refractivity contribution in [3.8, 4) is 0 Å². The summed E-state index contributed by atoms with van der Waals surface area (Å²) < 4.78 is 5.75. The zero-order valence-electron chi connectivity index (χ0n) is 37.1. The van der Waals surface area contributed by atoms with E-state index in [9.17, 15) is 9.59 Å². The molecule has 0 fully saturated rings. The van der Waals surface area contributed by atoms with Gasteiger partial charge >= 0.3 is 37.1 Å². The zero-order valence-corrected chi connectivity index (χ0v) is 41.2. The van der Waals surface area contributed by atoms with E-state index < -0.39 is 0 Å². The average Bonchev–Trinajstić information content (AvgIpc) is 3.17. The quantitative estimate of drug-likeness (QED) is 0.0375. The number of hydrogen-bond acceptors (Lipinski definition) is 5. The number of ether oxygens (including phenoxy) is 1. The zero-order chi connectivity index (χ0) is 39.3. The number of unbranched alkanes of at least 4 members (excludes halogenated alkanes) is 23. The fourth-order valence-electron chi connectivity index (χ4n) is 7.17. The topological polar surface area (TPSA) is 66.8 Å². The maximum Gasteiger partial charge on any atom is 2.00 e. The van der Waals surface area contributed by atoms with E-state index in [1.165, 1.54) is 161 Å². The summed E-state index contributed by atoms with van der Waals surface area (Å²) in [5, 5.41) is 9.08. The van der Waals surface area contributed by atoms with Gasteiger partial charge in [0, 0.05) is 6.61 Å². The maximum absolute atomic E-state index is 12.8. The summed E-state index contributed by atoms with van der Waals surface area (Å²) >= 11 is 0. The standard InChI is InChI=1S/C32H64NO3.C16H31O.U/c1-4-7-10-13-14-18-25-31(24-17-11-8-5-2)32(35)36-30-23-16-15-20-27-33(28-21-22-29-34)26-19-12-9-6-3;1-3-5-7-9-10-12-14-16(15-17)13-11-8-6-4-2;/h31,34H,3-30H2,1-2H3;16H,3-14H2,1-2H3;/q2*-1;+2. The molecule has 320 valence electrons. The molecule has 0 spiro atoms. The molecule has 0 saturated heterocycles. The molecule has 0 amide bonds. The van der Waals surface area contributed by atoms with Gasteiger partial charge in [0.2, 0.25) is 0 Å². The van der Waals surface area contributed by atoms with E-state index in [2.05, 4.69) is 45.8 Å². The minimum Gasteiger partial charge on any atom is -0.542 e. The van der Waals surface area contributed by atoms with E-state index in [-0.39, 0.29) is 48.9 Å². The van der Waals surface area contributed by atoms with E-state index in [0.29, 0.717) is 13.2 Å². The molecular weight excluding hydrogens is 893 g/mol. The van der Waals surface area contributed by atoms with Crippen molar-refractivity contribution < 1.29 is 50.5 Å². The van der Waals surface area contributed by atoms with Gasteiger partial charge in [-0.2, -0.15) is 6.42 Å². The van der Waals surface area contributed by atoms with E-state index in [1.807, 2.05) is 0 Å². The summed E-state index contributed by atoms with van der Waals surface area (Å²) in [4.78, 5) is 26.2. The fraction of sp³-hybridized carbons (Fsp3) is 0.938. The molecule has 5 nitrogen and oxygen atoms in total. The van der Waals surface area contributed by atoms with Gasteiger partial charge in [-0.1, -0.05) is 195 Å². The van der Waals surface area contributed by atoms with Gasteiger partial charge in [0.15, 0.2) is 0 Å². The van der Waals surface area contributed by atoms with Crippen LogP contribution in [-0.2, 0) is 14.3 Å². The van der Waals surface area contributed by atoms with Crippen molar-refractivity contribution in [2.75, 3.05) is 32.8 Å². The number of carbonyl (C=O) groups excluding carboxylic acids is 2. The number of hydrogen-bond donors (Lipinski definition) is 1. The smallest absolute Gasteiger partial charge is 0.542 e. The Kier molecular flexibility index (Phi) is 55.3. The number of nitrogens with zero attached hydrogens (tertiary/aromatic N) is 1. The average molecular weight is 988 g/mol. The van der Waals surface area contributed by atoms with Gasteiger partial charge in [-0.05, 0) is 64.6 Å². The molecule has 0 saturated carbocycles. The van der Waals surface area contributed by atoms with Crippen LogP contribution in [0, 0.1) is 49.9 Å². The van der Waals surface area contributed by atoms with Crippen molar-refractivity contribution in [3.05, 3.63) is 6.92 Å². The van der Waals surface area contributed by atoms with Crippen LogP contribution in [0.4, 0.5) is 0 Å². The van der Waals surface area contributed by atoms with Gasteiger partial charge < -0.3 is 26.5 Å². The molecule has 6 heteroatoms. The number of rotatable bonds is 42. The first-order valence-electron chi connectivity index (χ1n) is 23.7. The maximum atomic E-state index is 12.8. The van der Waals surface area contributed by atoms with Crippen LogP contribution in [0.1, 0.15) is 246 Å². The van der Waals surface area contributed by atoms with Crippen LogP contribution < -0.4 is 0 Å². The number of esters is 1. The van der Waals surface area contributed by atoms with Crippen LogP contribution >= 0.6 is 0 Å². The van der Waals surface area contributed by atoms with E-state index in [0.717, 1.165) is 77.3 Å². The minimum atomic E-state index is 0. The molecule has 0 aliphatic heterocycles. The third kappa shape index (κ3) is 44.8. The molecule has 54 heavy (non-hydrogen) atoms. The normalized spacial score (nSPS) is 12.2. The first-order chi connectivity index (χ1) is 26.0. The largest absolute Gasteiger partial charge is 2.00 e. The Hall–Kier alpha value is 0.112. The SMILES string of the molecule is CCCCCCCCC([C-]=O)CCCCCC.[CH2-]CCCCCN(CCCCO)CCCCCCOC(=O)C(CCCCCC)CCCCCCCC.[U+2]. The third-order valence-corrected chi connectivity index (χ3v) is 10.8. The van der Waals surface area contributed by atoms with Crippen molar-refractivity contribution in [1.82, 2.24) is 4.90 Å². The molecule has 0 heterocycles. The third-order valence-electron chi connectivity index (χ3n) is 10.8. The Bertz CT molecular complexity index is 708. The van der Waals surface area contributed by atoms with Gasteiger partial charge in [0.25, 0.3) is 0 Å². The number of carbonyl (C=O) groups is 1. The molecule has 2 unspecified atom stereocenters. The van der Waals surface area contributed by atoms with Crippen LogP contribution in [-0.4, -0.2) is 55.1 Å². The molecule has 0 aliphatic rings. The molecule has 0 radical (unpaired) electrons. The van der Waals surface area contributed by atoms with E-state index in [4.69, 9.17) is 9.84 Å². The molecular formula is C48H95NO4U. The molecule has 2 atom stereocenters. The summed E-state index contributed by atoms with van der Waals surface area (Å²) in [5.74, 6) is 0.402. The van der Waals surface area contributed by atoms with Crippen molar-refractivity contribution in [2.24, 2.45) is 11.8 Å². The first kappa shape index (κ1) is 58.4. The second-order valence-corrected chi connectivity index (χ2v) is 16.1. The number of aliphatic hydroxyl groups is 1. The van der Waals surface area contributed by atoms with Gasteiger partial charge in [-0.3, -0.25) is 11.1 Å². The predicted octanol–water partition coefficient (Wildman–Crippen LogP) is 14.3. The second kappa shape index (κ2) is 51.1. The minimum absolute atomic E-state index is 0. The summed E-state index contributed by atoms with van der Waals surface area (Å²) in [5.41, 5.74) is 0. The van der Waals surface area contributed by atoms with Crippen LogP contribution in [0.15, 0.2) is 0 Å². The first-order valence-corrected chi connectivity index (χ1v) is 23.7. The Labute approximate surface area is 363 Å². The van der Waals surface area contributed by atoms with Crippen LogP contribution in [0.25, 0.3) is 0 Å². The molecule has 0 aromatic carbocycles. The molecule has 1 N–H and O–H groups in total. The number of aliphatic hydroxyl groups excluding tert-OH is 1. The molecule has 0 bridgehead atoms. The summed E-state index contributed by atoms with van der Waals surface area (Å²) in [7, 11) is 0. The predicted molar refractivity (Wildman–Crippen MR) is 232 cm³/mol. The summed E-state index contributed by atoms with van der Waals surface area (Å²) in [6.45, 7) is 17.2. The summed E-state index contributed by atoms with van der Waals surface area (Å²) in [6, 6.07) is 0. The van der Waals surface area contributed by atoms with Gasteiger partial charge in [-0.25, -0.2) is 0 Å². The van der Waals surface area contributed by atoms with Crippen LogP contribution in [0.5, 0.6) is 0 Å². The van der Waals surface area contributed by atoms with Crippen molar-refractivity contribution in [1.29, 1.82) is 0 Å². The second-order valence-electron chi connectivity index (χ2n) is 16.1. The van der Waals surface area contributed by atoms with E-state index >= 15 is 0 Å². The summed E-state index contributed by atoms with van der Waals surface area (Å²) in [6.07, 6.45) is 43.2. The van der Waals surface area contributed by atoms with Crippen LogP contribution in [0.2, 0.25) is 0 Å². The fourth-order valence-corrected chi connectivity index (χ4v) is 7.17.